The van der Waals surface area contributed by atoms with E-state index in [4.69, 9.17) is 18.9 Å². The lowest BCUT2D eigenvalue weighted by Gasteiger charge is -2.38. The van der Waals surface area contributed by atoms with Gasteiger partial charge in [0.1, 0.15) is 23.9 Å². The van der Waals surface area contributed by atoms with E-state index >= 15 is 0 Å². The highest BCUT2D eigenvalue weighted by molar-refractivity contribution is 5.95. The summed E-state index contributed by atoms with van der Waals surface area (Å²) in [6.07, 6.45) is 3.69. The topological polar surface area (TPSA) is 140 Å². The van der Waals surface area contributed by atoms with E-state index in [2.05, 4.69) is 20.9 Å². The fourth-order valence-corrected chi connectivity index (χ4v) is 5.06. The van der Waals surface area contributed by atoms with Gasteiger partial charge in [0.2, 0.25) is 5.91 Å². The third-order valence-electron chi connectivity index (χ3n) is 7.33. The number of likely N-dealkylation sites (tertiary alicyclic amines) is 1. The first-order valence-corrected chi connectivity index (χ1v) is 14.6. The Kier molecular flexibility index (Phi) is 10.6. The minimum atomic E-state index is -0.442. The van der Waals surface area contributed by atoms with Gasteiger partial charge in [-0.2, -0.15) is 0 Å². The second-order valence-electron chi connectivity index (χ2n) is 10.6. The van der Waals surface area contributed by atoms with Crippen LogP contribution in [0.15, 0.2) is 67.0 Å². The van der Waals surface area contributed by atoms with Crippen molar-refractivity contribution < 1.29 is 33.3 Å². The first kappa shape index (κ1) is 30.8. The molecule has 232 valence electrons. The van der Waals surface area contributed by atoms with E-state index in [0.29, 0.717) is 55.5 Å². The van der Waals surface area contributed by atoms with Crippen LogP contribution in [0.1, 0.15) is 27.9 Å². The molecule has 3 heterocycles. The summed E-state index contributed by atoms with van der Waals surface area (Å²) in [6.45, 7) is 2.18. The number of ether oxygens (including phenoxy) is 4. The molecule has 4 amide bonds. The zero-order valence-electron chi connectivity index (χ0n) is 24.6. The second kappa shape index (κ2) is 15.2. The second-order valence-corrected chi connectivity index (χ2v) is 10.6. The number of carbonyl (C=O) groups is 3. The maximum atomic E-state index is 13.1. The lowest BCUT2D eigenvalue weighted by molar-refractivity contribution is -0.135. The molecule has 0 saturated carbocycles. The van der Waals surface area contributed by atoms with Crippen molar-refractivity contribution in [3.05, 3.63) is 83.7 Å². The molecule has 0 unspecified atom stereocenters. The number of carbonyl (C=O) groups excluding carboxylic acids is 3. The minimum absolute atomic E-state index is 0.0129. The Labute approximate surface area is 256 Å². The molecule has 2 atom stereocenters. The van der Waals surface area contributed by atoms with Crippen molar-refractivity contribution in [2.24, 2.45) is 0 Å². The zero-order chi connectivity index (χ0) is 30.7. The molecule has 3 N–H and O–H groups in total. The molecule has 2 aromatic carbocycles. The summed E-state index contributed by atoms with van der Waals surface area (Å²) in [5.41, 5.74) is 2.09. The maximum absolute atomic E-state index is 13.1. The third-order valence-corrected chi connectivity index (χ3v) is 7.33. The van der Waals surface area contributed by atoms with Crippen LogP contribution in [-0.4, -0.2) is 86.4 Å². The number of urea groups is 1. The first-order chi connectivity index (χ1) is 21.5. The Bertz CT molecular complexity index is 1440. The summed E-state index contributed by atoms with van der Waals surface area (Å²) in [4.78, 5) is 44.7. The van der Waals surface area contributed by atoms with Gasteiger partial charge in [-0.1, -0.05) is 12.1 Å². The van der Waals surface area contributed by atoms with E-state index in [-0.39, 0.29) is 50.0 Å². The molecule has 0 radical (unpaired) electrons. The van der Waals surface area contributed by atoms with Crippen molar-refractivity contribution in [3.8, 4) is 17.2 Å². The molecule has 2 aliphatic heterocycles. The van der Waals surface area contributed by atoms with Gasteiger partial charge < -0.3 is 39.8 Å². The fourth-order valence-electron chi connectivity index (χ4n) is 5.06. The summed E-state index contributed by atoms with van der Waals surface area (Å²) in [7, 11) is 1.58. The van der Waals surface area contributed by atoms with E-state index in [0.717, 1.165) is 11.1 Å². The number of piperidine rings is 1. The van der Waals surface area contributed by atoms with Gasteiger partial charge in [-0.15, -0.1) is 0 Å². The summed E-state index contributed by atoms with van der Waals surface area (Å²) in [5.74, 6) is 1.10. The number of pyridine rings is 1. The molecule has 44 heavy (non-hydrogen) atoms. The Morgan fingerprint density at radius 3 is 2.70 bits per heavy atom. The van der Waals surface area contributed by atoms with Crippen molar-refractivity contribution in [1.29, 1.82) is 0 Å². The molecule has 0 spiro atoms. The van der Waals surface area contributed by atoms with Crippen LogP contribution in [0.4, 0.5) is 4.79 Å². The predicted octanol–water partition coefficient (Wildman–Crippen LogP) is 2.67. The van der Waals surface area contributed by atoms with Gasteiger partial charge in [-0.05, 0) is 53.9 Å². The van der Waals surface area contributed by atoms with Gasteiger partial charge in [0.05, 0.1) is 31.8 Å². The maximum Gasteiger partial charge on any atom is 0.315 e. The van der Waals surface area contributed by atoms with E-state index in [1.165, 1.54) is 0 Å². The van der Waals surface area contributed by atoms with E-state index < -0.39 is 6.10 Å². The number of aromatic nitrogens is 1. The molecule has 12 heteroatoms. The van der Waals surface area contributed by atoms with Gasteiger partial charge in [-0.3, -0.25) is 14.6 Å². The molecule has 1 fully saturated rings. The van der Waals surface area contributed by atoms with Crippen molar-refractivity contribution in [3.63, 3.8) is 0 Å². The Hall–Kier alpha value is -4.68. The van der Waals surface area contributed by atoms with Crippen molar-refractivity contribution in [2.45, 2.75) is 31.6 Å². The monoisotopic (exact) mass is 603 g/mol. The molecule has 1 aromatic heterocycles. The van der Waals surface area contributed by atoms with Gasteiger partial charge in [-0.25, -0.2) is 4.79 Å². The smallest absolute Gasteiger partial charge is 0.315 e. The minimum Gasteiger partial charge on any atom is -0.491 e. The van der Waals surface area contributed by atoms with Crippen LogP contribution in [-0.2, 0) is 27.3 Å². The van der Waals surface area contributed by atoms with Crippen LogP contribution in [0, 0.1) is 0 Å². The standard InChI is InChI=1S/C32H37N5O7/c1-41-13-14-42-26-17-24-18-27(19-26)44-25-4-2-3-23(15-25)21-43-29-20-37(30(38)16-22-5-8-33-9-6-22)12-7-28(29)36-32(40)35-11-10-34-31(24)39/h2-6,8-9,15,17-19,28-29H,7,10-14,16,20-21H2,1H3,(H,34,39)(H2,35,36,40)/t28-,29-/m0/s1. The zero-order valence-corrected chi connectivity index (χ0v) is 24.6. The number of rotatable bonds is 6. The average Bonchev–Trinajstić information content (AvgIpc) is 3.03. The summed E-state index contributed by atoms with van der Waals surface area (Å²) in [5, 5.41) is 8.62. The molecule has 5 rings (SSSR count). The third kappa shape index (κ3) is 8.68. The van der Waals surface area contributed by atoms with E-state index in [1.807, 2.05) is 36.4 Å². The van der Waals surface area contributed by atoms with Crippen molar-refractivity contribution in [2.75, 3.05) is 46.5 Å². The van der Waals surface area contributed by atoms with E-state index in [1.54, 1.807) is 42.6 Å². The number of nitrogens with zero attached hydrogens (tertiary/aromatic N) is 2. The summed E-state index contributed by atoms with van der Waals surface area (Å²) >= 11 is 0. The van der Waals surface area contributed by atoms with Crippen LogP contribution in [0.5, 0.6) is 17.2 Å². The Morgan fingerprint density at radius 2 is 1.86 bits per heavy atom. The lowest BCUT2D eigenvalue weighted by atomic mass is 10.0. The SMILES string of the molecule is COCCOc1cc2cc(c1)C(=O)NCCNC(=O)N[C@H]1CCN(C(=O)Cc3ccncc3)C[C@@H]1OCc1cccc(c1)O2. The van der Waals surface area contributed by atoms with E-state index in [9.17, 15) is 14.4 Å². The number of hydrogen-bond acceptors (Lipinski definition) is 8. The molecular weight excluding hydrogens is 566 g/mol. The summed E-state index contributed by atoms with van der Waals surface area (Å²) < 4.78 is 23.3. The first-order valence-electron chi connectivity index (χ1n) is 14.6. The van der Waals surface area contributed by atoms with Crippen molar-refractivity contribution >= 4 is 17.8 Å². The van der Waals surface area contributed by atoms with Gasteiger partial charge in [0.25, 0.3) is 5.91 Å². The van der Waals surface area contributed by atoms with Gasteiger partial charge in [0.15, 0.2) is 0 Å². The molecule has 12 nitrogen and oxygen atoms in total. The van der Waals surface area contributed by atoms with Crippen LogP contribution >= 0.6 is 0 Å². The number of nitrogens with one attached hydrogen (secondary N) is 3. The highest BCUT2D eigenvalue weighted by Crippen LogP contribution is 2.29. The normalized spacial score (nSPS) is 19.2. The van der Waals surface area contributed by atoms with Crippen LogP contribution in [0.25, 0.3) is 0 Å². The number of amides is 4. The quantitative estimate of drug-likeness (QED) is 0.366. The number of hydrogen-bond donors (Lipinski definition) is 3. The molecule has 2 aliphatic rings. The fraction of sp³-hybridized carbons (Fsp3) is 0.375. The van der Waals surface area contributed by atoms with Crippen molar-refractivity contribution in [1.82, 2.24) is 25.8 Å². The van der Waals surface area contributed by atoms with Crippen LogP contribution in [0.2, 0.25) is 0 Å². The Balaban J connectivity index is 1.34. The lowest BCUT2D eigenvalue weighted by Crippen LogP contribution is -2.58. The molecular formula is C32H37N5O7. The molecule has 3 aromatic rings. The molecule has 0 aliphatic carbocycles. The van der Waals surface area contributed by atoms with Crippen LogP contribution in [0.3, 0.4) is 0 Å². The van der Waals surface area contributed by atoms with Gasteiger partial charge >= 0.3 is 6.03 Å². The largest absolute Gasteiger partial charge is 0.491 e. The number of fused-ring (bicyclic) bond motifs is 5. The molecule has 1 saturated heterocycles. The van der Waals surface area contributed by atoms with Crippen LogP contribution < -0.4 is 25.4 Å². The number of methoxy groups -OCH3 is 1. The highest BCUT2D eigenvalue weighted by atomic mass is 16.5. The number of benzene rings is 2. The Morgan fingerprint density at radius 1 is 1.02 bits per heavy atom. The summed E-state index contributed by atoms with van der Waals surface area (Å²) in [6, 6.07) is 15.4. The average molecular weight is 604 g/mol. The molecule has 4 bridgehead atoms. The predicted molar refractivity (Wildman–Crippen MR) is 161 cm³/mol. The highest BCUT2D eigenvalue weighted by Gasteiger charge is 2.33. The van der Waals surface area contributed by atoms with Gasteiger partial charge in [0, 0.05) is 57.3 Å².